The Bertz CT molecular complexity index is 715. The number of morpholine rings is 1. The van der Waals surface area contributed by atoms with Gasteiger partial charge in [-0.15, -0.1) is 0 Å². The van der Waals surface area contributed by atoms with Gasteiger partial charge in [0.2, 0.25) is 0 Å². The largest absolute Gasteiger partial charge is 0.379 e. The lowest BCUT2D eigenvalue weighted by Gasteiger charge is -2.31. The molecule has 2 N–H and O–H groups in total. The molecule has 1 fully saturated rings. The molecule has 0 aromatic heterocycles. The average Bonchev–Trinajstić information content (AvgIpc) is 2.65. The first-order valence-corrected chi connectivity index (χ1v) is 9.58. The zero-order chi connectivity index (χ0) is 18.4. The second-order valence-corrected chi connectivity index (χ2v) is 7.33. The minimum atomic E-state index is 0.112. The Kier molecular flexibility index (Phi) is 6.86. The molecule has 2 aromatic carbocycles. The minimum Gasteiger partial charge on any atom is -0.379 e. The van der Waals surface area contributed by atoms with Gasteiger partial charge in [-0.25, -0.2) is 0 Å². The zero-order valence-corrected chi connectivity index (χ0v) is 16.4. The molecule has 1 aliphatic rings. The standard InChI is InChI=1S/C20H24ClN3OS/c1-15-2-4-16(5-3-15)19(14-24-10-12-25-13-11-24)23-20(26)22-18-8-6-17(21)7-9-18/h2-9,19H,10-14H2,1H3,(H2,22,23,26)/t19-/m0/s1. The van der Waals surface area contributed by atoms with Crippen LogP contribution in [-0.4, -0.2) is 42.9 Å². The van der Waals surface area contributed by atoms with Crippen molar-refractivity contribution in [3.63, 3.8) is 0 Å². The summed E-state index contributed by atoms with van der Waals surface area (Å²) in [7, 11) is 0. The predicted molar refractivity (Wildman–Crippen MR) is 112 cm³/mol. The topological polar surface area (TPSA) is 36.5 Å². The molecule has 3 rings (SSSR count). The van der Waals surface area contributed by atoms with Gasteiger partial charge < -0.3 is 15.4 Å². The summed E-state index contributed by atoms with van der Waals surface area (Å²) in [6.07, 6.45) is 0. The van der Waals surface area contributed by atoms with Gasteiger partial charge in [-0.2, -0.15) is 0 Å². The van der Waals surface area contributed by atoms with Crippen molar-refractivity contribution in [3.05, 3.63) is 64.7 Å². The van der Waals surface area contributed by atoms with Crippen molar-refractivity contribution < 1.29 is 4.74 Å². The van der Waals surface area contributed by atoms with Gasteiger partial charge in [0.25, 0.3) is 0 Å². The fourth-order valence-electron chi connectivity index (χ4n) is 2.93. The van der Waals surface area contributed by atoms with Crippen LogP contribution >= 0.6 is 23.8 Å². The number of hydrogen-bond donors (Lipinski definition) is 2. The highest BCUT2D eigenvalue weighted by molar-refractivity contribution is 7.80. The van der Waals surface area contributed by atoms with E-state index in [4.69, 9.17) is 28.6 Å². The van der Waals surface area contributed by atoms with Crippen molar-refractivity contribution in [3.8, 4) is 0 Å². The highest BCUT2D eigenvalue weighted by atomic mass is 35.5. The fraction of sp³-hybridized carbons (Fsp3) is 0.350. The van der Waals surface area contributed by atoms with E-state index in [1.165, 1.54) is 11.1 Å². The van der Waals surface area contributed by atoms with E-state index in [1.807, 2.05) is 24.3 Å². The molecule has 2 aromatic rings. The number of thiocarbonyl (C=S) groups is 1. The molecule has 4 nitrogen and oxygen atoms in total. The molecular formula is C20H24ClN3OS. The first kappa shape index (κ1) is 19.1. The molecule has 6 heteroatoms. The summed E-state index contributed by atoms with van der Waals surface area (Å²) >= 11 is 11.5. The Morgan fingerprint density at radius 2 is 1.77 bits per heavy atom. The van der Waals surface area contributed by atoms with E-state index in [-0.39, 0.29) is 6.04 Å². The minimum absolute atomic E-state index is 0.112. The van der Waals surface area contributed by atoms with Crippen LogP contribution in [0.5, 0.6) is 0 Å². The number of ether oxygens (including phenoxy) is 1. The molecule has 1 saturated heterocycles. The van der Waals surface area contributed by atoms with Crippen molar-refractivity contribution in [2.45, 2.75) is 13.0 Å². The molecule has 0 saturated carbocycles. The Morgan fingerprint density at radius 3 is 2.42 bits per heavy atom. The molecule has 0 amide bonds. The van der Waals surface area contributed by atoms with Crippen LogP contribution in [0.3, 0.4) is 0 Å². The van der Waals surface area contributed by atoms with Crippen LogP contribution < -0.4 is 10.6 Å². The number of halogens is 1. The number of hydrogen-bond acceptors (Lipinski definition) is 3. The maximum Gasteiger partial charge on any atom is 0.171 e. The number of rotatable bonds is 5. The summed E-state index contributed by atoms with van der Waals surface area (Å²) in [6, 6.07) is 16.2. The molecular weight excluding hydrogens is 366 g/mol. The van der Waals surface area contributed by atoms with Crippen molar-refractivity contribution in [2.75, 3.05) is 38.2 Å². The van der Waals surface area contributed by atoms with Gasteiger partial charge in [0.15, 0.2) is 5.11 Å². The second-order valence-electron chi connectivity index (χ2n) is 6.48. The van der Waals surface area contributed by atoms with Crippen LogP contribution in [0.2, 0.25) is 5.02 Å². The highest BCUT2D eigenvalue weighted by Crippen LogP contribution is 2.18. The van der Waals surface area contributed by atoms with Gasteiger partial charge in [-0.1, -0.05) is 41.4 Å². The van der Waals surface area contributed by atoms with Crippen molar-refractivity contribution >= 4 is 34.6 Å². The van der Waals surface area contributed by atoms with Crippen molar-refractivity contribution in [2.24, 2.45) is 0 Å². The number of benzene rings is 2. The van der Waals surface area contributed by atoms with E-state index in [1.54, 1.807) is 0 Å². The van der Waals surface area contributed by atoms with Crippen molar-refractivity contribution in [1.29, 1.82) is 0 Å². The summed E-state index contributed by atoms with van der Waals surface area (Å²) in [5.74, 6) is 0. The van der Waals surface area contributed by atoms with E-state index < -0.39 is 0 Å². The van der Waals surface area contributed by atoms with Gasteiger partial charge in [0.05, 0.1) is 19.3 Å². The summed E-state index contributed by atoms with van der Waals surface area (Å²) in [6.45, 7) is 6.45. The van der Waals surface area contributed by atoms with E-state index in [0.717, 1.165) is 38.5 Å². The Labute approximate surface area is 165 Å². The maximum atomic E-state index is 5.94. The monoisotopic (exact) mass is 389 g/mol. The SMILES string of the molecule is Cc1ccc([C@H](CN2CCOCC2)NC(=S)Nc2ccc(Cl)cc2)cc1. The Morgan fingerprint density at radius 1 is 1.12 bits per heavy atom. The zero-order valence-electron chi connectivity index (χ0n) is 14.9. The first-order valence-electron chi connectivity index (χ1n) is 8.80. The number of anilines is 1. The summed E-state index contributed by atoms with van der Waals surface area (Å²) in [5.41, 5.74) is 3.39. The van der Waals surface area contributed by atoms with Crippen LogP contribution in [0.25, 0.3) is 0 Å². The molecule has 138 valence electrons. The van der Waals surface area contributed by atoms with Gasteiger partial charge in [-0.3, -0.25) is 4.90 Å². The summed E-state index contributed by atoms with van der Waals surface area (Å²) in [4.78, 5) is 2.41. The molecule has 1 heterocycles. The van der Waals surface area contributed by atoms with Crippen LogP contribution in [0.15, 0.2) is 48.5 Å². The van der Waals surface area contributed by atoms with E-state index in [0.29, 0.717) is 10.1 Å². The Balaban J connectivity index is 1.68. The fourth-order valence-corrected chi connectivity index (χ4v) is 3.32. The lowest BCUT2D eigenvalue weighted by atomic mass is 10.0. The molecule has 1 aliphatic heterocycles. The number of aryl methyl sites for hydroxylation is 1. The van der Waals surface area contributed by atoms with E-state index >= 15 is 0 Å². The van der Waals surface area contributed by atoms with Gasteiger partial charge >= 0.3 is 0 Å². The third-order valence-electron chi connectivity index (χ3n) is 4.43. The van der Waals surface area contributed by atoms with Crippen LogP contribution in [0.4, 0.5) is 5.69 Å². The summed E-state index contributed by atoms with van der Waals surface area (Å²) < 4.78 is 5.46. The average molecular weight is 390 g/mol. The molecule has 0 spiro atoms. The number of nitrogens with one attached hydrogen (secondary N) is 2. The normalized spacial score (nSPS) is 16.1. The van der Waals surface area contributed by atoms with Crippen LogP contribution in [-0.2, 0) is 4.74 Å². The predicted octanol–water partition coefficient (Wildman–Crippen LogP) is 4.01. The number of nitrogens with zero attached hydrogens (tertiary/aromatic N) is 1. The quantitative estimate of drug-likeness (QED) is 0.755. The highest BCUT2D eigenvalue weighted by Gasteiger charge is 2.19. The third-order valence-corrected chi connectivity index (χ3v) is 4.90. The smallest absolute Gasteiger partial charge is 0.171 e. The Hall–Kier alpha value is -1.66. The first-order chi connectivity index (χ1) is 12.6. The van der Waals surface area contributed by atoms with Gasteiger partial charge in [0.1, 0.15) is 0 Å². The lowest BCUT2D eigenvalue weighted by Crippen LogP contribution is -2.44. The second kappa shape index (κ2) is 9.33. The van der Waals surface area contributed by atoms with Gasteiger partial charge in [-0.05, 0) is 49.0 Å². The van der Waals surface area contributed by atoms with E-state index in [2.05, 4.69) is 46.7 Å². The third kappa shape index (κ3) is 5.68. The molecule has 0 aliphatic carbocycles. The molecule has 0 unspecified atom stereocenters. The van der Waals surface area contributed by atoms with Crippen molar-refractivity contribution in [1.82, 2.24) is 10.2 Å². The summed E-state index contributed by atoms with van der Waals surface area (Å²) in [5, 5.41) is 8.02. The molecule has 0 bridgehead atoms. The van der Waals surface area contributed by atoms with Crippen LogP contribution in [0, 0.1) is 6.92 Å². The van der Waals surface area contributed by atoms with Crippen LogP contribution in [0.1, 0.15) is 17.2 Å². The lowest BCUT2D eigenvalue weighted by molar-refractivity contribution is 0.0344. The van der Waals surface area contributed by atoms with E-state index in [9.17, 15) is 0 Å². The molecule has 1 atom stereocenters. The van der Waals surface area contributed by atoms with Gasteiger partial charge in [0, 0.05) is 30.3 Å². The maximum absolute atomic E-state index is 5.94. The molecule has 0 radical (unpaired) electrons. The molecule has 26 heavy (non-hydrogen) atoms.